The van der Waals surface area contributed by atoms with Crippen molar-refractivity contribution >= 4 is 0 Å². The number of epoxide rings is 1. The normalized spacial score (nSPS) is 29.9. The molecule has 0 aromatic carbocycles. The lowest BCUT2D eigenvalue weighted by molar-refractivity contribution is 0.235. The molecule has 1 aliphatic carbocycles. The van der Waals surface area contributed by atoms with Crippen LogP contribution in [0.2, 0.25) is 0 Å². The van der Waals surface area contributed by atoms with Crippen LogP contribution in [0.15, 0.2) is 12.2 Å². The molecule has 1 atom stereocenters. The Kier molecular flexibility index (Phi) is 2.94. The van der Waals surface area contributed by atoms with E-state index in [0.717, 1.165) is 6.42 Å². The van der Waals surface area contributed by atoms with Crippen LogP contribution in [0.5, 0.6) is 0 Å². The van der Waals surface area contributed by atoms with Crippen LogP contribution in [0.25, 0.3) is 0 Å². The van der Waals surface area contributed by atoms with E-state index in [2.05, 4.69) is 32.9 Å². The highest BCUT2D eigenvalue weighted by Crippen LogP contribution is 2.48. The Morgan fingerprint density at radius 1 is 1.20 bits per heavy atom. The van der Waals surface area contributed by atoms with Crippen molar-refractivity contribution in [3.63, 3.8) is 0 Å². The summed E-state index contributed by atoms with van der Waals surface area (Å²) >= 11 is 0. The van der Waals surface area contributed by atoms with E-state index < -0.39 is 0 Å². The van der Waals surface area contributed by atoms with E-state index in [-0.39, 0.29) is 5.60 Å². The molecule has 1 nitrogen and oxygen atoms in total. The van der Waals surface area contributed by atoms with Crippen LogP contribution in [0.4, 0.5) is 0 Å². The average molecular weight is 208 g/mol. The fourth-order valence-electron chi connectivity index (χ4n) is 2.53. The van der Waals surface area contributed by atoms with Gasteiger partial charge in [0, 0.05) is 0 Å². The van der Waals surface area contributed by atoms with Crippen LogP contribution in [-0.2, 0) is 4.74 Å². The second-order valence-corrected chi connectivity index (χ2v) is 6.36. The third-order valence-electron chi connectivity index (χ3n) is 3.56. The van der Waals surface area contributed by atoms with Gasteiger partial charge in [-0.3, -0.25) is 0 Å². The van der Waals surface area contributed by atoms with E-state index in [9.17, 15) is 0 Å². The Morgan fingerprint density at radius 2 is 1.87 bits per heavy atom. The molecule has 0 amide bonds. The zero-order valence-electron chi connectivity index (χ0n) is 10.4. The van der Waals surface area contributed by atoms with Gasteiger partial charge in [-0.15, -0.1) is 0 Å². The maximum Gasteiger partial charge on any atom is 0.105 e. The van der Waals surface area contributed by atoms with Crippen molar-refractivity contribution < 1.29 is 4.74 Å². The molecule has 1 aliphatic heterocycles. The SMILES string of the molecule is CC(C)(C)C/C=C/C1OC12CCCCC2. The summed E-state index contributed by atoms with van der Waals surface area (Å²) in [6.45, 7) is 6.84. The molecule has 0 aromatic rings. The molecule has 2 rings (SSSR count). The first-order valence-corrected chi connectivity index (χ1v) is 6.36. The summed E-state index contributed by atoms with van der Waals surface area (Å²) < 4.78 is 5.87. The lowest BCUT2D eigenvalue weighted by Crippen LogP contribution is -2.18. The molecule has 1 saturated heterocycles. The zero-order chi connectivity index (χ0) is 10.9. The second-order valence-electron chi connectivity index (χ2n) is 6.36. The monoisotopic (exact) mass is 208 g/mol. The molecule has 0 radical (unpaired) electrons. The summed E-state index contributed by atoms with van der Waals surface area (Å²) in [5.41, 5.74) is 0.692. The van der Waals surface area contributed by atoms with E-state index in [4.69, 9.17) is 4.74 Å². The molecule has 0 N–H and O–H groups in total. The number of hydrogen-bond donors (Lipinski definition) is 0. The predicted octanol–water partition coefficient (Wildman–Crippen LogP) is 4.08. The number of ether oxygens (including phenoxy) is 1. The number of allylic oxidation sites excluding steroid dienone is 1. The molecular weight excluding hydrogens is 184 g/mol. The molecule has 1 unspecified atom stereocenters. The first-order chi connectivity index (χ1) is 7.02. The number of hydrogen-bond acceptors (Lipinski definition) is 1. The lowest BCUT2D eigenvalue weighted by Gasteiger charge is -2.17. The molecule has 15 heavy (non-hydrogen) atoms. The fraction of sp³-hybridized carbons (Fsp3) is 0.857. The van der Waals surface area contributed by atoms with E-state index in [1.54, 1.807) is 0 Å². The van der Waals surface area contributed by atoms with Crippen molar-refractivity contribution in [1.82, 2.24) is 0 Å². The largest absolute Gasteiger partial charge is 0.362 e. The predicted molar refractivity (Wildman–Crippen MR) is 63.9 cm³/mol. The van der Waals surface area contributed by atoms with Crippen LogP contribution in [0.1, 0.15) is 59.3 Å². The molecule has 2 aliphatic rings. The van der Waals surface area contributed by atoms with E-state index in [1.165, 1.54) is 32.1 Å². The summed E-state index contributed by atoms with van der Waals surface area (Å²) in [6, 6.07) is 0. The van der Waals surface area contributed by atoms with E-state index >= 15 is 0 Å². The van der Waals surface area contributed by atoms with Crippen molar-refractivity contribution in [3.05, 3.63) is 12.2 Å². The van der Waals surface area contributed by atoms with Gasteiger partial charge in [0.05, 0.1) is 5.60 Å². The topological polar surface area (TPSA) is 12.5 Å². The molecular formula is C14H24O. The summed E-state index contributed by atoms with van der Waals surface area (Å²) in [7, 11) is 0. The molecule has 1 saturated carbocycles. The molecule has 2 fully saturated rings. The van der Waals surface area contributed by atoms with Crippen LogP contribution >= 0.6 is 0 Å². The number of rotatable bonds is 2. The summed E-state index contributed by atoms with van der Waals surface area (Å²) in [5.74, 6) is 0. The van der Waals surface area contributed by atoms with Crippen LogP contribution in [0.3, 0.4) is 0 Å². The van der Waals surface area contributed by atoms with Crippen LogP contribution < -0.4 is 0 Å². The van der Waals surface area contributed by atoms with E-state index in [1.807, 2.05) is 0 Å². The maximum atomic E-state index is 5.87. The molecule has 1 heteroatoms. The average Bonchev–Trinajstić information content (AvgIpc) is 2.77. The van der Waals surface area contributed by atoms with Crippen molar-refractivity contribution in [2.75, 3.05) is 0 Å². The molecule has 1 heterocycles. The Labute approximate surface area is 93.9 Å². The summed E-state index contributed by atoms with van der Waals surface area (Å²) in [5, 5.41) is 0. The van der Waals surface area contributed by atoms with Crippen molar-refractivity contribution in [2.24, 2.45) is 5.41 Å². The van der Waals surface area contributed by atoms with Gasteiger partial charge in [0.1, 0.15) is 6.10 Å². The van der Waals surface area contributed by atoms with Gasteiger partial charge < -0.3 is 4.74 Å². The maximum absolute atomic E-state index is 5.87. The third-order valence-corrected chi connectivity index (χ3v) is 3.56. The minimum atomic E-state index is 0.284. The van der Waals surface area contributed by atoms with Crippen LogP contribution in [0, 0.1) is 5.41 Å². The smallest absolute Gasteiger partial charge is 0.105 e. The first-order valence-electron chi connectivity index (χ1n) is 6.36. The van der Waals surface area contributed by atoms with Crippen LogP contribution in [-0.4, -0.2) is 11.7 Å². The Morgan fingerprint density at radius 3 is 2.47 bits per heavy atom. The van der Waals surface area contributed by atoms with Gasteiger partial charge in [-0.25, -0.2) is 0 Å². The second kappa shape index (κ2) is 3.93. The van der Waals surface area contributed by atoms with Gasteiger partial charge in [0.25, 0.3) is 0 Å². The van der Waals surface area contributed by atoms with Gasteiger partial charge in [-0.1, -0.05) is 52.2 Å². The van der Waals surface area contributed by atoms with Crippen molar-refractivity contribution in [3.8, 4) is 0 Å². The summed E-state index contributed by atoms with van der Waals surface area (Å²) in [4.78, 5) is 0. The minimum Gasteiger partial charge on any atom is -0.362 e. The Bertz CT molecular complexity index is 241. The third kappa shape index (κ3) is 2.84. The highest BCUT2D eigenvalue weighted by Gasteiger charge is 2.54. The molecule has 1 spiro atoms. The quantitative estimate of drug-likeness (QED) is 0.492. The van der Waals surface area contributed by atoms with Gasteiger partial charge in [0.15, 0.2) is 0 Å². The molecule has 0 aromatic heterocycles. The van der Waals surface area contributed by atoms with Gasteiger partial charge in [-0.2, -0.15) is 0 Å². The van der Waals surface area contributed by atoms with Gasteiger partial charge >= 0.3 is 0 Å². The Hall–Kier alpha value is -0.300. The fourth-order valence-corrected chi connectivity index (χ4v) is 2.53. The summed E-state index contributed by atoms with van der Waals surface area (Å²) in [6.07, 6.45) is 12.9. The lowest BCUT2D eigenvalue weighted by atomic mass is 9.86. The van der Waals surface area contributed by atoms with Crippen molar-refractivity contribution in [2.45, 2.75) is 71.0 Å². The molecule has 0 bridgehead atoms. The standard InChI is InChI=1S/C14H24O/c1-13(2,3)9-7-8-12-14(15-12)10-5-4-6-11-14/h7-8,12H,4-6,9-11H2,1-3H3/b8-7+. The Balaban J connectivity index is 1.78. The molecule has 86 valence electrons. The first kappa shape index (κ1) is 11.2. The van der Waals surface area contributed by atoms with Gasteiger partial charge in [0.2, 0.25) is 0 Å². The highest BCUT2D eigenvalue weighted by atomic mass is 16.6. The minimum absolute atomic E-state index is 0.284. The zero-order valence-corrected chi connectivity index (χ0v) is 10.4. The van der Waals surface area contributed by atoms with Gasteiger partial charge in [-0.05, 0) is 24.7 Å². The highest BCUT2D eigenvalue weighted by molar-refractivity contribution is 5.14. The van der Waals surface area contributed by atoms with Crippen molar-refractivity contribution in [1.29, 1.82) is 0 Å². The van der Waals surface area contributed by atoms with E-state index in [0.29, 0.717) is 11.5 Å².